The highest BCUT2D eigenvalue weighted by Gasteiger charge is 2.26. The van der Waals surface area contributed by atoms with E-state index in [0.29, 0.717) is 17.6 Å². The summed E-state index contributed by atoms with van der Waals surface area (Å²) in [6, 6.07) is 6.05. The molecule has 0 radical (unpaired) electrons. The third-order valence-electron chi connectivity index (χ3n) is 3.56. The van der Waals surface area contributed by atoms with Crippen LogP contribution in [-0.4, -0.2) is 22.6 Å². The molecule has 1 aliphatic rings. The van der Waals surface area contributed by atoms with Crippen LogP contribution in [0.2, 0.25) is 5.02 Å². The maximum absolute atomic E-state index is 11.0. The Morgan fingerprint density at radius 3 is 2.81 bits per heavy atom. The molecule has 110 valence electrons. The third kappa shape index (κ3) is 2.89. The minimum Gasteiger partial charge on any atom is -0.477 e. The van der Waals surface area contributed by atoms with Crippen molar-refractivity contribution >= 4 is 39.7 Å². The predicted molar refractivity (Wildman–Crippen MR) is 85.2 cm³/mol. The van der Waals surface area contributed by atoms with E-state index in [4.69, 9.17) is 16.7 Å². The topological polar surface area (TPSA) is 53.4 Å². The molecular formula is C15H15ClN2O2S. The molecule has 0 atom stereocenters. The van der Waals surface area contributed by atoms with Gasteiger partial charge in [-0.25, -0.2) is 9.78 Å². The van der Waals surface area contributed by atoms with Gasteiger partial charge in [0.2, 0.25) is 0 Å². The number of hydrogen-bond acceptors (Lipinski definition) is 4. The van der Waals surface area contributed by atoms with Crippen LogP contribution >= 0.6 is 22.9 Å². The molecule has 1 aliphatic carbocycles. The standard InChI is InChI=1S/C15H15ClN2O2S/c1-2-18(15-17-8-13(21-15)14(19)20)10-5-6-11(9-3-4-9)12(16)7-10/h5-9H,2-4H2,1H3,(H,19,20). The van der Waals surface area contributed by atoms with Gasteiger partial charge in [0.05, 0.1) is 6.20 Å². The molecular weight excluding hydrogens is 308 g/mol. The van der Waals surface area contributed by atoms with Gasteiger partial charge in [-0.3, -0.25) is 0 Å². The summed E-state index contributed by atoms with van der Waals surface area (Å²) in [7, 11) is 0. The van der Waals surface area contributed by atoms with Crippen LogP contribution in [0.3, 0.4) is 0 Å². The number of carboxylic acids is 1. The molecule has 3 rings (SSSR count). The number of halogens is 1. The zero-order chi connectivity index (χ0) is 15.0. The summed E-state index contributed by atoms with van der Waals surface area (Å²) >= 11 is 7.54. The first-order valence-corrected chi connectivity index (χ1v) is 8.05. The summed E-state index contributed by atoms with van der Waals surface area (Å²) in [6.07, 6.45) is 3.82. The molecule has 0 aliphatic heterocycles. The Labute approximate surface area is 132 Å². The number of hydrogen-bond donors (Lipinski definition) is 1. The molecule has 6 heteroatoms. The second kappa shape index (κ2) is 5.66. The molecule has 0 amide bonds. The highest BCUT2D eigenvalue weighted by molar-refractivity contribution is 7.17. The highest BCUT2D eigenvalue weighted by Crippen LogP contribution is 2.44. The fourth-order valence-corrected chi connectivity index (χ4v) is 3.49. The molecule has 0 bridgehead atoms. The van der Waals surface area contributed by atoms with E-state index >= 15 is 0 Å². The van der Waals surface area contributed by atoms with Crippen molar-refractivity contribution < 1.29 is 9.90 Å². The van der Waals surface area contributed by atoms with Crippen molar-refractivity contribution in [2.24, 2.45) is 0 Å². The van der Waals surface area contributed by atoms with Gasteiger partial charge in [0.15, 0.2) is 5.13 Å². The van der Waals surface area contributed by atoms with E-state index in [9.17, 15) is 4.79 Å². The van der Waals surface area contributed by atoms with Gasteiger partial charge in [-0.1, -0.05) is 29.0 Å². The summed E-state index contributed by atoms with van der Waals surface area (Å²) in [4.78, 5) is 17.4. The van der Waals surface area contributed by atoms with E-state index in [1.165, 1.54) is 35.9 Å². The van der Waals surface area contributed by atoms with E-state index in [0.717, 1.165) is 10.7 Å². The van der Waals surface area contributed by atoms with Gasteiger partial charge >= 0.3 is 5.97 Å². The molecule has 1 heterocycles. The van der Waals surface area contributed by atoms with E-state index < -0.39 is 5.97 Å². The van der Waals surface area contributed by atoms with Crippen LogP contribution < -0.4 is 4.90 Å². The van der Waals surface area contributed by atoms with Crippen LogP contribution in [0.5, 0.6) is 0 Å². The fourth-order valence-electron chi connectivity index (χ4n) is 2.33. The number of rotatable bonds is 5. The van der Waals surface area contributed by atoms with E-state index in [2.05, 4.69) is 11.1 Å². The number of carboxylic acid groups (broad SMARTS) is 1. The number of benzene rings is 1. The average molecular weight is 323 g/mol. The zero-order valence-corrected chi connectivity index (χ0v) is 13.1. The first-order chi connectivity index (χ1) is 10.1. The van der Waals surface area contributed by atoms with Crippen molar-refractivity contribution in [2.45, 2.75) is 25.7 Å². The lowest BCUT2D eigenvalue weighted by Crippen LogP contribution is -2.15. The minimum absolute atomic E-state index is 0.240. The smallest absolute Gasteiger partial charge is 0.347 e. The van der Waals surface area contributed by atoms with Crippen LogP contribution in [0.1, 0.15) is 40.9 Å². The highest BCUT2D eigenvalue weighted by atomic mass is 35.5. The minimum atomic E-state index is -0.947. The lowest BCUT2D eigenvalue weighted by atomic mass is 10.1. The van der Waals surface area contributed by atoms with Crippen LogP contribution in [0.15, 0.2) is 24.4 Å². The molecule has 1 N–H and O–H groups in total. The molecule has 1 fully saturated rings. The molecule has 4 nitrogen and oxygen atoms in total. The van der Waals surface area contributed by atoms with Gasteiger partial charge in [0, 0.05) is 17.3 Å². The predicted octanol–water partition coefficient (Wildman–Crippen LogP) is 4.53. The van der Waals surface area contributed by atoms with Crippen molar-refractivity contribution in [1.29, 1.82) is 0 Å². The van der Waals surface area contributed by atoms with Gasteiger partial charge in [0.25, 0.3) is 0 Å². The van der Waals surface area contributed by atoms with Gasteiger partial charge < -0.3 is 10.0 Å². The Kier molecular flexibility index (Phi) is 3.87. The monoisotopic (exact) mass is 322 g/mol. The van der Waals surface area contributed by atoms with Gasteiger partial charge in [-0.2, -0.15) is 0 Å². The summed E-state index contributed by atoms with van der Waals surface area (Å²) in [5.41, 5.74) is 2.15. The summed E-state index contributed by atoms with van der Waals surface area (Å²) < 4.78 is 0. The van der Waals surface area contributed by atoms with Gasteiger partial charge in [-0.05, 0) is 43.4 Å². The van der Waals surface area contributed by atoms with Crippen molar-refractivity contribution in [3.8, 4) is 0 Å². The second-order valence-corrected chi connectivity index (χ2v) is 6.45. The molecule has 1 aromatic carbocycles. The second-order valence-electron chi connectivity index (χ2n) is 5.04. The SMILES string of the molecule is CCN(c1ccc(C2CC2)c(Cl)c1)c1ncc(C(=O)O)s1. The summed E-state index contributed by atoms with van der Waals surface area (Å²) in [5, 5.41) is 10.5. The molecule has 21 heavy (non-hydrogen) atoms. The molecule has 0 spiro atoms. The fraction of sp³-hybridized carbons (Fsp3) is 0.333. The Balaban J connectivity index is 1.91. The Hall–Kier alpha value is -1.59. The number of aromatic carboxylic acids is 1. The summed E-state index contributed by atoms with van der Waals surface area (Å²) in [6.45, 7) is 2.70. The van der Waals surface area contributed by atoms with E-state index in [1.807, 2.05) is 24.0 Å². The van der Waals surface area contributed by atoms with Crippen LogP contribution in [0, 0.1) is 0 Å². The number of aromatic nitrogens is 1. The van der Waals surface area contributed by atoms with E-state index in [-0.39, 0.29) is 4.88 Å². The maximum Gasteiger partial charge on any atom is 0.347 e. The van der Waals surface area contributed by atoms with Crippen LogP contribution in [0.4, 0.5) is 10.8 Å². The number of carbonyl (C=O) groups is 1. The van der Waals surface area contributed by atoms with Crippen molar-refractivity contribution in [3.63, 3.8) is 0 Å². The van der Waals surface area contributed by atoms with Crippen LogP contribution in [-0.2, 0) is 0 Å². The lowest BCUT2D eigenvalue weighted by molar-refractivity contribution is 0.0702. The van der Waals surface area contributed by atoms with Gasteiger partial charge in [0.1, 0.15) is 4.88 Å². The lowest BCUT2D eigenvalue weighted by Gasteiger charge is -2.20. The third-order valence-corrected chi connectivity index (χ3v) is 4.90. The summed E-state index contributed by atoms with van der Waals surface area (Å²) in [5.74, 6) is -0.336. The van der Waals surface area contributed by atoms with E-state index in [1.54, 1.807) is 0 Å². The van der Waals surface area contributed by atoms with Crippen LogP contribution in [0.25, 0.3) is 0 Å². The Bertz CT molecular complexity index is 682. The quantitative estimate of drug-likeness (QED) is 0.878. The van der Waals surface area contributed by atoms with Crippen molar-refractivity contribution in [3.05, 3.63) is 39.9 Å². The first-order valence-electron chi connectivity index (χ1n) is 6.86. The Morgan fingerprint density at radius 2 is 2.29 bits per heavy atom. The number of nitrogens with zero attached hydrogens (tertiary/aromatic N) is 2. The first kappa shape index (κ1) is 14.4. The van der Waals surface area contributed by atoms with Crippen molar-refractivity contribution in [1.82, 2.24) is 4.98 Å². The normalized spacial score (nSPS) is 14.2. The molecule has 2 aromatic rings. The molecule has 1 aromatic heterocycles. The number of thiazole rings is 1. The van der Waals surface area contributed by atoms with Gasteiger partial charge in [-0.15, -0.1) is 0 Å². The maximum atomic E-state index is 11.0. The zero-order valence-electron chi connectivity index (χ0n) is 11.5. The van der Waals surface area contributed by atoms with Crippen molar-refractivity contribution in [2.75, 3.05) is 11.4 Å². The Morgan fingerprint density at radius 1 is 1.52 bits per heavy atom. The number of anilines is 2. The average Bonchev–Trinajstić information content (AvgIpc) is 3.17. The molecule has 0 saturated heterocycles. The molecule has 1 saturated carbocycles. The molecule has 0 unspecified atom stereocenters. The largest absolute Gasteiger partial charge is 0.477 e.